The number of methoxy groups -OCH3 is 1. The van der Waals surface area contributed by atoms with Crippen LogP contribution in [0.1, 0.15) is 49.0 Å². The molecule has 1 heterocycles. The first-order valence-corrected chi connectivity index (χ1v) is 7.30. The molecule has 1 aromatic heterocycles. The first-order valence-electron chi connectivity index (χ1n) is 6.48. The zero-order valence-electron chi connectivity index (χ0n) is 11.3. The molecular formula is C14H22O3S. The van der Waals surface area contributed by atoms with Crippen LogP contribution in [0.25, 0.3) is 0 Å². The van der Waals surface area contributed by atoms with Crippen molar-refractivity contribution < 1.29 is 14.6 Å². The number of aryl methyl sites for hydroxylation is 1. The van der Waals surface area contributed by atoms with Crippen LogP contribution in [0.2, 0.25) is 0 Å². The molecule has 1 rings (SSSR count). The predicted molar refractivity (Wildman–Crippen MR) is 73.7 cm³/mol. The lowest BCUT2D eigenvalue weighted by Gasteiger charge is -2.19. The first-order chi connectivity index (χ1) is 8.63. The average molecular weight is 270 g/mol. The molecule has 1 N–H and O–H groups in total. The van der Waals surface area contributed by atoms with Gasteiger partial charge in [-0.15, -0.1) is 11.3 Å². The topological polar surface area (TPSA) is 46.5 Å². The molecule has 0 saturated heterocycles. The van der Waals surface area contributed by atoms with Crippen molar-refractivity contribution in [2.45, 2.75) is 45.6 Å². The summed E-state index contributed by atoms with van der Waals surface area (Å²) >= 11 is 1.57. The van der Waals surface area contributed by atoms with Crippen LogP contribution < -0.4 is 0 Å². The molecule has 18 heavy (non-hydrogen) atoms. The van der Waals surface area contributed by atoms with Crippen molar-refractivity contribution in [3.63, 3.8) is 0 Å². The number of rotatable bonds is 7. The van der Waals surface area contributed by atoms with Gasteiger partial charge in [-0.1, -0.05) is 26.7 Å². The zero-order valence-corrected chi connectivity index (χ0v) is 12.1. The Hall–Kier alpha value is -0.870. The minimum absolute atomic E-state index is 0.317. The minimum Gasteiger partial charge on any atom is -0.469 e. The number of esters is 1. The number of aliphatic hydroxyl groups is 1. The van der Waals surface area contributed by atoms with Gasteiger partial charge >= 0.3 is 5.97 Å². The molecule has 3 nitrogen and oxygen atoms in total. The number of ether oxygens (including phenoxy) is 1. The van der Waals surface area contributed by atoms with E-state index in [1.54, 1.807) is 11.3 Å². The van der Waals surface area contributed by atoms with Gasteiger partial charge in [0.05, 0.1) is 13.0 Å². The highest BCUT2D eigenvalue weighted by molar-refractivity contribution is 7.12. The van der Waals surface area contributed by atoms with Crippen LogP contribution in [0.4, 0.5) is 0 Å². The summed E-state index contributed by atoms with van der Waals surface area (Å²) in [6, 6.07) is 3.92. The molecule has 2 atom stereocenters. The van der Waals surface area contributed by atoms with Gasteiger partial charge in [-0.3, -0.25) is 4.79 Å². The number of hydrogen-bond acceptors (Lipinski definition) is 4. The van der Waals surface area contributed by atoms with Crippen molar-refractivity contribution in [3.8, 4) is 0 Å². The molecular weight excluding hydrogens is 248 g/mol. The lowest BCUT2D eigenvalue weighted by atomic mass is 9.95. The highest BCUT2D eigenvalue weighted by atomic mass is 32.1. The Morgan fingerprint density at radius 2 is 2.17 bits per heavy atom. The Morgan fingerprint density at radius 3 is 2.67 bits per heavy atom. The molecule has 0 radical (unpaired) electrons. The monoisotopic (exact) mass is 270 g/mol. The molecule has 0 aliphatic carbocycles. The number of unbranched alkanes of at least 4 members (excludes halogenated alkanes) is 1. The molecule has 0 aliphatic rings. The van der Waals surface area contributed by atoms with E-state index >= 15 is 0 Å². The van der Waals surface area contributed by atoms with Gasteiger partial charge in [0.1, 0.15) is 6.10 Å². The van der Waals surface area contributed by atoms with E-state index in [1.165, 1.54) is 12.0 Å². The maximum Gasteiger partial charge on any atom is 0.311 e. The second kappa shape index (κ2) is 7.54. The van der Waals surface area contributed by atoms with Crippen LogP contribution in [0.3, 0.4) is 0 Å². The molecule has 102 valence electrons. The van der Waals surface area contributed by atoms with E-state index in [0.717, 1.165) is 24.1 Å². The van der Waals surface area contributed by atoms with Gasteiger partial charge in [0.15, 0.2) is 0 Å². The predicted octanol–water partition coefficient (Wildman–Crippen LogP) is 3.32. The van der Waals surface area contributed by atoms with Crippen molar-refractivity contribution in [2.24, 2.45) is 5.92 Å². The summed E-state index contributed by atoms with van der Waals surface area (Å²) in [4.78, 5) is 13.8. The van der Waals surface area contributed by atoms with E-state index in [-0.39, 0.29) is 5.97 Å². The Bertz CT molecular complexity index is 373. The summed E-state index contributed by atoms with van der Waals surface area (Å²) in [6.07, 6.45) is 2.81. The van der Waals surface area contributed by atoms with E-state index in [9.17, 15) is 9.90 Å². The van der Waals surface area contributed by atoms with E-state index in [4.69, 9.17) is 4.74 Å². The summed E-state index contributed by atoms with van der Waals surface area (Å²) < 4.78 is 4.79. The third-order valence-corrected chi connectivity index (χ3v) is 4.38. The molecule has 0 saturated carbocycles. The van der Waals surface area contributed by atoms with Gasteiger partial charge in [0.2, 0.25) is 0 Å². The molecule has 0 aromatic carbocycles. The van der Waals surface area contributed by atoms with Crippen LogP contribution in [0, 0.1) is 5.92 Å². The Kier molecular flexibility index (Phi) is 6.36. The smallest absolute Gasteiger partial charge is 0.311 e. The molecule has 0 fully saturated rings. The molecule has 2 unspecified atom stereocenters. The van der Waals surface area contributed by atoms with Gasteiger partial charge in [0.25, 0.3) is 0 Å². The number of carbonyl (C=O) groups is 1. The number of aliphatic hydroxyl groups excluding tert-OH is 1. The summed E-state index contributed by atoms with van der Waals surface area (Å²) in [5.41, 5.74) is 0. The van der Waals surface area contributed by atoms with Gasteiger partial charge in [0, 0.05) is 9.75 Å². The quantitative estimate of drug-likeness (QED) is 0.773. The molecule has 0 bridgehead atoms. The Balaban J connectivity index is 2.79. The van der Waals surface area contributed by atoms with E-state index in [1.807, 2.05) is 12.1 Å². The van der Waals surface area contributed by atoms with Crippen LogP contribution in [0.5, 0.6) is 0 Å². The second-order valence-electron chi connectivity index (χ2n) is 4.37. The van der Waals surface area contributed by atoms with Crippen LogP contribution in [-0.4, -0.2) is 18.2 Å². The summed E-state index contributed by atoms with van der Waals surface area (Å²) in [6.45, 7) is 4.15. The molecule has 0 spiro atoms. The average Bonchev–Trinajstić information content (AvgIpc) is 2.87. The standard InChI is InChI=1S/C14H22O3S/c1-4-6-7-11(14(16)17-3)13(15)12-9-8-10(5-2)18-12/h8-9,11,13,15H,4-7H2,1-3H3. The van der Waals surface area contributed by atoms with E-state index in [0.29, 0.717) is 6.42 Å². The van der Waals surface area contributed by atoms with Gasteiger partial charge in [-0.2, -0.15) is 0 Å². The lowest BCUT2D eigenvalue weighted by molar-refractivity contribution is -0.150. The summed E-state index contributed by atoms with van der Waals surface area (Å²) in [7, 11) is 1.37. The summed E-state index contributed by atoms with van der Waals surface area (Å²) in [5, 5.41) is 10.3. The Labute approximate surface area is 113 Å². The van der Waals surface area contributed by atoms with E-state index in [2.05, 4.69) is 13.8 Å². The number of hydrogen-bond donors (Lipinski definition) is 1. The van der Waals surface area contributed by atoms with Crippen molar-refractivity contribution in [1.82, 2.24) is 0 Å². The van der Waals surface area contributed by atoms with Gasteiger partial charge in [-0.05, 0) is 25.0 Å². The fourth-order valence-electron chi connectivity index (χ4n) is 1.92. The van der Waals surface area contributed by atoms with Gasteiger partial charge < -0.3 is 9.84 Å². The maximum absolute atomic E-state index is 11.7. The summed E-state index contributed by atoms with van der Waals surface area (Å²) in [5.74, 6) is -0.763. The number of carbonyl (C=O) groups excluding carboxylic acids is 1. The van der Waals surface area contributed by atoms with Crippen LogP contribution in [-0.2, 0) is 16.0 Å². The minimum atomic E-state index is -0.741. The van der Waals surface area contributed by atoms with Crippen molar-refractivity contribution in [3.05, 3.63) is 21.9 Å². The first kappa shape index (κ1) is 15.2. The van der Waals surface area contributed by atoms with Crippen LogP contribution >= 0.6 is 11.3 Å². The van der Waals surface area contributed by atoms with Crippen molar-refractivity contribution >= 4 is 17.3 Å². The van der Waals surface area contributed by atoms with Gasteiger partial charge in [-0.25, -0.2) is 0 Å². The lowest BCUT2D eigenvalue weighted by Crippen LogP contribution is -2.23. The molecule has 0 amide bonds. The third kappa shape index (κ3) is 3.82. The third-order valence-electron chi connectivity index (χ3n) is 3.08. The normalized spacial score (nSPS) is 14.2. The molecule has 0 aliphatic heterocycles. The Morgan fingerprint density at radius 1 is 1.44 bits per heavy atom. The zero-order chi connectivity index (χ0) is 13.5. The van der Waals surface area contributed by atoms with Crippen molar-refractivity contribution in [2.75, 3.05) is 7.11 Å². The molecule has 1 aromatic rings. The number of thiophene rings is 1. The second-order valence-corrected chi connectivity index (χ2v) is 5.57. The SMILES string of the molecule is CCCCC(C(=O)OC)C(O)c1ccc(CC)s1. The molecule has 4 heteroatoms. The largest absolute Gasteiger partial charge is 0.469 e. The van der Waals surface area contributed by atoms with E-state index < -0.39 is 12.0 Å². The fourth-order valence-corrected chi connectivity index (χ4v) is 2.93. The highest BCUT2D eigenvalue weighted by Gasteiger charge is 2.29. The van der Waals surface area contributed by atoms with Crippen LogP contribution in [0.15, 0.2) is 12.1 Å². The maximum atomic E-state index is 11.7. The highest BCUT2D eigenvalue weighted by Crippen LogP contribution is 2.32. The van der Waals surface area contributed by atoms with Crippen molar-refractivity contribution in [1.29, 1.82) is 0 Å². The fraction of sp³-hybridized carbons (Fsp3) is 0.643.